The van der Waals surface area contributed by atoms with Gasteiger partial charge in [-0.3, -0.25) is 9.48 Å². The van der Waals surface area contributed by atoms with Gasteiger partial charge in [0.15, 0.2) is 0 Å². The van der Waals surface area contributed by atoms with Gasteiger partial charge in [0.2, 0.25) is 5.43 Å². The second kappa shape index (κ2) is 9.62. The number of ether oxygens (including phenoxy) is 1. The van der Waals surface area contributed by atoms with E-state index in [4.69, 9.17) is 4.74 Å². The zero-order valence-electron chi connectivity index (χ0n) is 17.4. The molecule has 7 nitrogen and oxygen atoms in total. The molecule has 14 heteroatoms. The molecular weight excluding hydrogens is 492 g/mol. The Balaban J connectivity index is 2.12. The lowest BCUT2D eigenvalue weighted by Gasteiger charge is -2.16. The van der Waals surface area contributed by atoms with Crippen LogP contribution in [0.1, 0.15) is 12.0 Å². The van der Waals surface area contributed by atoms with Crippen LogP contribution in [0.25, 0.3) is 22.2 Å². The van der Waals surface area contributed by atoms with Crippen molar-refractivity contribution in [1.82, 2.24) is 14.5 Å². The molecule has 0 aliphatic heterocycles. The van der Waals surface area contributed by atoms with E-state index in [1.54, 1.807) is 4.72 Å². The van der Waals surface area contributed by atoms with Crippen molar-refractivity contribution in [2.75, 3.05) is 13.7 Å². The Labute approximate surface area is 189 Å². The Bertz CT molecular complexity index is 1370. The number of sulfonamides is 1. The molecule has 0 unspecified atom stereocenters. The number of aryl methyl sites for hydroxylation is 1. The van der Waals surface area contributed by atoms with Crippen LogP contribution >= 0.6 is 0 Å². The minimum Gasteiger partial charge on any atom is -0.494 e. The van der Waals surface area contributed by atoms with Crippen LogP contribution in [0, 0.1) is 5.82 Å². The van der Waals surface area contributed by atoms with Gasteiger partial charge >= 0.3 is 11.9 Å². The Hall–Kier alpha value is -3.13. The predicted octanol–water partition coefficient (Wildman–Crippen LogP) is 3.76. The van der Waals surface area contributed by atoms with Crippen LogP contribution in [-0.2, 0) is 22.7 Å². The highest BCUT2D eigenvalue weighted by Gasteiger charge is 2.35. The summed E-state index contributed by atoms with van der Waals surface area (Å²) in [6, 6.07) is 6.69. The SMILES string of the molecule is COc1cccc2c(=O)c(-c3cccc(C(F)(F)F)c3F)nn(CCCNS(=O)(=O)C(F)F)c12. The number of hydrogen-bond acceptors (Lipinski definition) is 5. The quantitative estimate of drug-likeness (QED) is 0.369. The van der Waals surface area contributed by atoms with Crippen LogP contribution < -0.4 is 14.9 Å². The highest BCUT2D eigenvalue weighted by molar-refractivity contribution is 7.89. The first-order valence-corrected chi connectivity index (χ1v) is 11.1. The summed E-state index contributed by atoms with van der Waals surface area (Å²) in [5.74, 6) is -5.15. The lowest BCUT2D eigenvalue weighted by atomic mass is 10.0. The molecule has 0 saturated heterocycles. The number of aromatic nitrogens is 2. The number of para-hydroxylation sites is 1. The van der Waals surface area contributed by atoms with Crippen LogP contribution in [0.5, 0.6) is 5.75 Å². The summed E-state index contributed by atoms with van der Waals surface area (Å²) < 4.78 is 110. The molecule has 0 spiro atoms. The highest BCUT2D eigenvalue weighted by Crippen LogP contribution is 2.35. The van der Waals surface area contributed by atoms with E-state index in [-0.39, 0.29) is 29.6 Å². The maximum atomic E-state index is 14.7. The van der Waals surface area contributed by atoms with Gasteiger partial charge in [-0.2, -0.15) is 27.1 Å². The minimum absolute atomic E-state index is 0.0469. The maximum Gasteiger partial charge on any atom is 0.419 e. The van der Waals surface area contributed by atoms with Gasteiger partial charge in [0.25, 0.3) is 10.0 Å². The molecule has 184 valence electrons. The second-order valence-corrected chi connectivity index (χ2v) is 8.71. The van der Waals surface area contributed by atoms with Gasteiger partial charge in [0, 0.05) is 18.7 Å². The number of alkyl halides is 5. The summed E-state index contributed by atoms with van der Waals surface area (Å²) in [5, 5.41) is 3.98. The molecule has 1 aromatic heterocycles. The molecule has 0 atom stereocenters. The van der Waals surface area contributed by atoms with Gasteiger partial charge in [0.05, 0.1) is 18.1 Å². The third-order valence-corrected chi connectivity index (χ3v) is 5.88. The monoisotopic (exact) mass is 509 g/mol. The van der Waals surface area contributed by atoms with E-state index in [0.29, 0.717) is 6.07 Å². The van der Waals surface area contributed by atoms with Crippen LogP contribution in [0.15, 0.2) is 41.2 Å². The van der Waals surface area contributed by atoms with E-state index < -0.39 is 56.6 Å². The summed E-state index contributed by atoms with van der Waals surface area (Å²) >= 11 is 0. The van der Waals surface area contributed by atoms with Gasteiger partial charge in [0.1, 0.15) is 22.8 Å². The molecule has 3 rings (SSSR count). The van der Waals surface area contributed by atoms with Gasteiger partial charge in [-0.1, -0.05) is 12.1 Å². The second-order valence-electron chi connectivity index (χ2n) is 6.98. The van der Waals surface area contributed by atoms with E-state index in [2.05, 4.69) is 5.10 Å². The zero-order chi connectivity index (χ0) is 25.3. The lowest BCUT2D eigenvalue weighted by molar-refractivity contribution is -0.139. The first-order chi connectivity index (χ1) is 15.9. The van der Waals surface area contributed by atoms with Crippen LogP contribution in [0.4, 0.5) is 26.3 Å². The van der Waals surface area contributed by atoms with E-state index in [1.807, 2.05) is 0 Å². The molecule has 1 heterocycles. The molecule has 3 aromatic rings. The Morgan fingerprint density at radius 1 is 1.15 bits per heavy atom. The molecule has 0 fully saturated rings. The topological polar surface area (TPSA) is 90.3 Å². The van der Waals surface area contributed by atoms with Crippen molar-refractivity contribution >= 4 is 20.9 Å². The first kappa shape index (κ1) is 25.5. The number of methoxy groups -OCH3 is 1. The van der Waals surface area contributed by atoms with Gasteiger partial charge in [-0.05, 0) is 30.7 Å². The van der Waals surface area contributed by atoms with Crippen molar-refractivity contribution in [3.05, 3.63) is 58.0 Å². The fourth-order valence-corrected chi connectivity index (χ4v) is 3.81. The van der Waals surface area contributed by atoms with Crippen molar-refractivity contribution in [3.8, 4) is 17.0 Å². The maximum absolute atomic E-state index is 14.7. The first-order valence-electron chi connectivity index (χ1n) is 9.59. The average Bonchev–Trinajstić information content (AvgIpc) is 2.77. The number of nitrogens with zero attached hydrogens (tertiary/aromatic N) is 2. The standard InChI is InChI=1S/C20H17F6N3O4S/c1-33-14-8-3-6-12-17(14)29(10-4-9-27-34(31,32)19(22)23)28-16(18(12)30)11-5-2-7-13(15(11)21)20(24,25)26/h2-3,5-8,19,27H,4,9-10H2,1H3. The summed E-state index contributed by atoms with van der Waals surface area (Å²) in [5.41, 5.74) is -3.62. The number of fused-ring (bicyclic) bond motifs is 1. The third kappa shape index (κ3) is 5.01. The van der Waals surface area contributed by atoms with E-state index in [9.17, 15) is 39.6 Å². The molecular formula is C20H17F6N3O4S. The molecule has 0 aliphatic carbocycles. The minimum atomic E-state index is -5.01. The molecule has 0 amide bonds. The van der Waals surface area contributed by atoms with Crippen LogP contribution in [0.3, 0.4) is 0 Å². The van der Waals surface area contributed by atoms with Gasteiger partial charge in [-0.15, -0.1) is 0 Å². The molecule has 1 N–H and O–H groups in total. The van der Waals surface area contributed by atoms with Crippen LogP contribution in [-0.4, -0.2) is 37.6 Å². The van der Waals surface area contributed by atoms with Crippen LogP contribution in [0.2, 0.25) is 0 Å². The molecule has 0 aliphatic rings. The lowest BCUT2D eigenvalue weighted by Crippen LogP contribution is -2.31. The van der Waals surface area contributed by atoms with Gasteiger partial charge in [-0.25, -0.2) is 17.5 Å². The normalized spacial score (nSPS) is 12.5. The number of hydrogen-bond donors (Lipinski definition) is 1. The van der Waals surface area contributed by atoms with Crippen molar-refractivity contribution in [2.45, 2.75) is 24.9 Å². The number of halogens is 6. The Morgan fingerprint density at radius 2 is 1.82 bits per heavy atom. The summed E-state index contributed by atoms with van der Waals surface area (Å²) in [6.45, 7) is -0.596. The predicted molar refractivity (Wildman–Crippen MR) is 110 cm³/mol. The van der Waals surface area contributed by atoms with Gasteiger partial charge < -0.3 is 4.74 Å². The Kier molecular flexibility index (Phi) is 7.21. The third-order valence-electron chi connectivity index (χ3n) is 4.80. The van der Waals surface area contributed by atoms with Crippen molar-refractivity contribution in [3.63, 3.8) is 0 Å². The van der Waals surface area contributed by atoms with Crippen molar-refractivity contribution in [1.29, 1.82) is 0 Å². The number of benzene rings is 2. The van der Waals surface area contributed by atoms with Crippen molar-refractivity contribution < 1.29 is 39.5 Å². The smallest absolute Gasteiger partial charge is 0.419 e. The number of rotatable bonds is 8. The fourth-order valence-electron chi connectivity index (χ4n) is 3.26. The summed E-state index contributed by atoms with van der Waals surface area (Å²) in [4.78, 5) is 13.0. The molecule has 0 bridgehead atoms. The van der Waals surface area contributed by atoms with E-state index in [1.165, 1.54) is 25.3 Å². The Morgan fingerprint density at radius 3 is 2.44 bits per heavy atom. The summed E-state index contributed by atoms with van der Waals surface area (Å²) in [6.07, 6.45) is -5.11. The molecule has 34 heavy (non-hydrogen) atoms. The zero-order valence-corrected chi connectivity index (χ0v) is 18.2. The van der Waals surface area contributed by atoms with E-state index >= 15 is 0 Å². The molecule has 0 saturated carbocycles. The molecule has 0 radical (unpaired) electrons. The summed E-state index contributed by atoms with van der Waals surface area (Å²) in [7, 11) is -3.54. The average molecular weight is 509 g/mol. The molecule has 2 aromatic carbocycles. The van der Waals surface area contributed by atoms with E-state index in [0.717, 1.165) is 16.8 Å². The largest absolute Gasteiger partial charge is 0.494 e. The highest BCUT2D eigenvalue weighted by atomic mass is 32.2. The van der Waals surface area contributed by atoms with Crippen molar-refractivity contribution in [2.24, 2.45) is 0 Å². The number of nitrogens with one attached hydrogen (secondary N) is 1. The fraction of sp³-hybridized carbons (Fsp3) is 0.300.